The van der Waals surface area contributed by atoms with Gasteiger partial charge in [-0.15, -0.1) is 0 Å². The first-order chi connectivity index (χ1) is 10.6. The summed E-state index contributed by atoms with van der Waals surface area (Å²) in [6.45, 7) is 6.79. The first-order valence-corrected chi connectivity index (χ1v) is 7.64. The van der Waals surface area contributed by atoms with E-state index in [1.54, 1.807) is 21.7 Å². The molecule has 2 aromatic heterocycles. The molecule has 0 unspecified atom stereocenters. The first-order valence-electron chi connectivity index (χ1n) is 7.26. The second-order valence-electron chi connectivity index (χ2n) is 5.38. The second kappa shape index (κ2) is 6.06. The van der Waals surface area contributed by atoms with E-state index >= 15 is 0 Å². The van der Waals surface area contributed by atoms with Crippen LogP contribution in [0.15, 0.2) is 18.2 Å². The van der Waals surface area contributed by atoms with Crippen LogP contribution < -0.4 is 5.32 Å². The van der Waals surface area contributed by atoms with E-state index in [1.165, 1.54) is 0 Å². The number of hydrogen-bond acceptors (Lipinski definition) is 4. The molecule has 1 N–H and O–H groups in total. The van der Waals surface area contributed by atoms with Crippen molar-refractivity contribution < 1.29 is 4.79 Å². The van der Waals surface area contributed by atoms with Crippen LogP contribution in [0.3, 0.4) is 0 Å². The second-order valence-corrected chi connectivity index (χ2v) is 5.79. The number of hydrogen-bond donors (Lipinski definition) is 1. The van der Waals surface area contributed by atoms with Crippen molar-refractivity contribution in [1.82, 2.24) is 25.0 Å². The van der Waals surface area contributed by atoms with Crippen LogP contribution in [-0.4, -0.2) is 51.8 Å². The van der Waals surface area contributed by atoms with Crippen LogP contribution in [0.1, 0.15) is 21.9 Å². The third-order valence-electron chi connectivity index (χ3n) is 3.66. The highest BCUT2D eigenvalue weighted by molar-refractivity contribution is 6.33. The van der Waals surface area contributed by atoms with E-state index < -0.39 is 0 Å². The van der Waals surface area contributed by atoms with Gasteiger partial charge >= 0.3 is 0 Å². The molecule has 6 nitrogen and oxygen atoms in total. The van der Waals surface area contributed by atoms with E-state index in [0.717, 1.165) is 24.5 Å². The minimum Gasteiger partial charge on any atom is -0.335 e. The van der Waals surface area contributed by atoms with Gasteiger partial charge in [0.15, 0.2) is 5.82 Å². The van der Waals surface area contributed by atoms with E-state index in [1.807, 2.05) is 19.9 Å². The van der Waals surface area contributed by atoms with Gasteiger partial charge in [-0.2, -0.15) is 5.10 Å². The van der Waals surface area contributed by atoms with Gasteiger partial charge in [-0.25, -0.2) is 9.67 Å². The van der Waals surface area contributed by atoms with Gasteiger partial charge in [-0.1, -0.05) is 11.6 Å². The molecular formula is C15H18ClN5O. The van der Waals surface area contributed by atoms with Crippen molar-refractivity contribution in [2.75, 3.05) is 26.2 Å². The normalized spacial score (nSPS) is 15.1. The standard InChI is InChI=1S/C15H18ClN5O/c1-10-9-11(2)21(19-10)13-4-3-12(16)14(18-13)15(22)20-7-5-17-6-8-20/h3-4,9,17H,5-8H2,1-2H3. The Hall–Kier alpha value is -1.92. The topological polar surface area (TPSA) is 63.1 Å². The summed E-state index contributed by atoms with van der Waals surface area (Å²) in [5, 5.41) is 7.99. The summed E-state index contributed by atoms with van der Waals surface area (Å²) < 4.78 is 1.72. The third-order valence-corrected chi connectivity index (χ3v) is 3.97. The number of nitrogens with one attached hydrogen (secondary N) is 1. The Morgan fingerprint density at radius 3 is 2.64 bits per heavy atom. The molecule has 0 aliphatic carbocycles. The lowest BCUT2D eigenvalue weighted by molar-refractivity contribution is 0.0730. The number of piperazine rings is 1. The van der Waals surface area contributed by atoms with Gasteiger partial charge in [0.1, 0.15) is 5.69 Å². The largest absolute Gasteiger partial charge is 0.335 e. The molecule has 3 heterocycles. The quantitative estimate of drug-likeness (QED) is 0.913. The molecule has 0 radical (unpaired) electrons. The number of rotatable bonds is 2. The molecule has 0 aromatic carbocycles. The maximum atomic E-state index is 12.6. The summed E-state index contributed by atoms with van der Waals surface area (Å²) in [5.74, 6) is 0.475. The molecule has 22 heavy (non-hydrogen) atoms. The number of aryl methyl sites for hydroxylation is 2. The zero-order valence-electron chi connectivity index (χ0n) is 12.6. The van der Waals surface area contributed by atoms with Crippen LogP contribution >= 0.6 is 11.6 Å². The Morgan fingerprint density at radius 1 is 1.27 bits per heavy atom. The smallest absolute Gasteiger partial charge is 0.274 e. The van der Waals surface area contributed by atoms with E-state index in [9.17, 15) is 4.79 Å². The van der Waals surface area contributed by atoms with Gasteiger partial charge in [0.2, 0.25) is 0 Å². The number of pyridine rings is 1. The first kappa shape index (κ1) is 15.0. The summed E-state index contributed by atoms with van der Waals surface area (Å²) in [6.07, 6.45) is 0. The highest BCUT2D eigenvalue weighted by atomic mass is 35.5. The lowest BCUT2D eigenvalue weighted by Crippen LogP contribution is -2.46. The van der Waals surface area contributed by atoms with E-state index in [-0.39, 0.29) is 11.6 Å². The lowest BCUT2D eigenvalue weighted by Gasteiger charge is -2.27. The average Bonchev–Trinajstić information content (AvgIpc) is 2.86. The highest BCUT2D eigenvalue weighted by Gasteiger charge is 2.22. The summed E-state index contributed by atoms with van der Waals surface area (Å²) >= 11 is 6.19. The molecular weight excluding hydrogens is 302 g/mol. The minimum absolute atomic E-state index is 0.130. The van der Waals surface area contributed by atoms with Crippen LogP contribution in [0.4, 0.5) is 0 Å². The number of carbonyl (C=O) groups excluding carboxylic acids is 1. The molecule has 0 spiro atoms. The van der Waals surface area contributed by atoms with Gasteiger partial charge in [-0.05, 0) is 32.0 Å². The van der Waals surface area contributed by atoms with Gasteiger partial charge in [0, 0.05) is 31.9 Å². The van der Waals surface area contributed by atoms with E-state index in [2.05, 4.69) is 15.4 Å². The molecule has 7 heteroatoms. The van der Waals surface area contributed by atoms with Gasteiger partial charge < -0.3 is 10.2 Å². The molecule has 116 valence electrons. The number of nitrogens with zero attached hydrogens (tertiary/aromatic N) is 4. The summed E-state index contributed by atoms with van der Waals surface area (Å²) in [4.78, 5) is 18.8. The van der Waals surface area contributed by atoms with Gasteiger partial charge in [0.25, 0.3) is 5.91 Å². The molecule has 0 atom stereocenters. The van der Waals surface area contributed by atoms with Crippen LogP contribution in [-0.2, 0) is 0 Å². The fraction of sp³-hybridized carbons (Fsp3) is 0.400. The molecule has 1 saturated heterocycles. The molecule has 1 aliphatic heterocycles. The average molecular weight is 320 g/mol. The predicted molar refractivity (Wildman–Crippen MR) is 84.6 cm³/mol. The lowest BCUT2D eigenvalue weighted by atomic mass is 10.2. The Labute approximate surface area is 134 Å². The Bertz CT molecular complexity index is 706. The molecule has 0 saturated carbocycles. The van der Waals surface area contributed by atoms with Crippen LogP contribution in [0.5, 0.6) is 0 Å². The fourth-order valence-electron chi connectivity index (χ4n) is 2.58. The van der Waals surface area contributed by atoms with Crippen molar-refractivity contribution in [3.8, 4) is 5.82 Å². The maximum absolute atomic E-state index is 12.6. The van der Waals surface area contributed by atoms with Crippen LogP contribution in [0.25, 0.3) is 5.82 Å². The van der Waals surface area contributed by atoms with E-state index in [4.69, 9.17) is 11.6 Å². The van der Waals surface area contributed by atoms with E-state index in [0.29, 0.717) is 23.9 Å². The maximum Gasteiger partial charge on any atom is 0.274 e. The molecule has 2 aromatic rings. The molecule has 0 bridgehead atoms. The molecule has 3 rings (SSSR count). The van der Waals surface area contributed by atoms with Gasteiger partial charge in [0.05, 0.1) is 10.7 Å². The fourth-order valence-corrected chi connectivity index (χ4v) is 2.76. The third kappa shape index (κ3) is 2.84. The van der Waals surface area contributed by atoms with Gasteiger partial charge in [-0.3, -0.25) is 4.79 Å². The van der Waals surface area contributed by atoms with Crippen molar-refractivity contribution in [2.24, 2.45) is 0 Å². The van der Waals surface area contributed by atoms with Crippen molar-refractivity contribution in [3.63, 3.8) is 0 Å². The Morgan fingerprint density at radius 2 is 2.00 bits per heavy atom. The zero-order chi connectivity index (χ0) is 15.7. The highest BCUT2D eigenvalue weighted by Crippen LogP contribution is 2.19. The van der Waals surface area contributed by atoms with Crippen molar-refractivity contribution in [1.29, 1.82) is 0 Å². The number of carbonyl (C=O) groups is 1. The predicted octanol–water partition coefficient (Wildman–Crippen LogP) is 1.58. The number of aromatic nitrogens is 3. The van der Waals surface area contributed by atoms with Crippen molar-refractivity contribution in [3.05, 3.63) is 40.3 Å². The summed E-state index contributed by atoms with van der Waals surface area (Å²) in [5.41, 5.74) is 2.16. The SMILES string of the molecule is Cc1cc(C)n(-c2ccc(Cl)c(C(=O)N3CCNCC3)n2)n1. The van der Waals surface area contributed by atoms with Crippen molar-refractivity contribution in [2.45, 2.75) is 13.8 Å². The van der Waals surface area contributed by atoms with Crippen LogP contribution in [0, 0.1) is 13.8 Å². The Balaban J connectivity index is 1.96. The Kier molecular flexibility index (Phi) is 4.13. The zero-order valence-corrected chi connectivity index (χ0v) is 13.4. The monoisotopic (exact) mass is 319 g/mol. The molecule has 1 amide bonds. The minimum atomic E-state index is -0.130. The van der Waals surface area contributed by atoms with Crippen LogP contribution in [0.2, 0.25) is 5.02 Å². The number of halogens is 1. The van der Waals surface area contributed by atoms with Crippen molar-refractivity contribution >= 4 is 17.5 Å². The molecule has 1 fully saturated rings. The molecule has 1 aliphatic rings. The number of amides is 1. The summed E-state index contributed by atoms with van der Waals surface area (Å²) in [6, 6.07) is 5.44. The summed E-state index contributed by atoms with van der Waals surface area (Å²) in [7, 11) is 0.